The smallest absolute Gasteiger partial charge is 0.128 e. The molecule has 1 nitrogen and oxygen atoms in total. The van der Waals surface area contributed by atoms with Crippen molar-refractivity contribution in [1.82, 2.24) is 5.32 Å². The first-order valence-electron chi connectivity index (χ1n) is 7.03. The van der Waals surface area contributed by atoms with Gasteiger partial charge in [-0.05, 0) is 55.3 Å². The van der Waals surface area contributed by atoms with Gasteiger partial charge in [-0.15, -0.1) is 0 Å². The number of halogens is 3. The van der Waals surface area contributed by atoms with E-state index in [4.69, 9.17) is 23.2 Å². The van der Waals surface area contributed by atoms with Gasteiger partial charge in [-0.2, -0.15) is 0 Å². The van der Waals surface area contributed by atoms with E-state index in [0.29, 0.717) is 22.0 Å². The highest BCUT2D eigenvalue weighted by molar-refractivity contribution is 6.30. The fourth-order valence-corrected chi connectivity index (χ4v) is 2.69. The number of hydrogen-bond acceptors (Lipinski definition) is 1. The van der Waals surface area contributed by atoms with Gasteiger partial charge in [0.2, 0.25) is 0 Å². The predicted molar refractivity (Wildman–Crippen MR) is 87.6 cm³/mol. The molecule has 2 rings (SSSR count). The standard InChI is InChI=1S/C17H18Cl2FN/c1-2-8-21-17(10-12-4-3-5-13(18)9-12)15-11-14(19)6-7-16(15)20/h3-7,9,11,17,21H,2,8,10H2,1H3. The summed E-state index contributed by atoms with van der Waals surface area (Å²) >= 11 is 12.0. The molecule has 0 aliphatic heterocycles. The Morgan fingerprint density at radius 1 is 1.10 bits per heavy atom. The van der Waals surface area contributed by atoms with Gasteiger partial charge in [0.25, 0.3) is 0 Å². The maximum atomic E-state index is 14.1. The number of benzene rings is 2. The number of nitrogens with one attached hydrogen (secondary N) is 1. The lowest BCUT2D eigenvalue weighted by Gasteiger charge is -2.20. The molecule has 0 saturated carbocycles. The number of hydrogen-bond donors (Lipinski definition) is 1. The molecule has 1 atom stereocenters. The molecular formula is C17H18Cl2FN. The van der Waals surface area contributed by atoms with Gasteiger partial charge in [-0.25, -0.2) is 4.39 Å². The average molecular weight is 326 g/mol. The third-order valence-electron chi connectivity index (χ3n) is 3.30. The lowest BCUT2D eigenvalue weighted by atomic mass is 9.98. The molecule has 0 amide bonds. The Balaban J connectivity index is 2.27. The molecule has 1 unspecified atom stereocenters. The van der Waals surface area contributed by atoms with Crippen LogP contribution in [0.25, 0.3) is 0 Å². The predicted octanol–water partition coefficient (Wildman–Crippen LogP) is 5.42. The summed E-state index contributed by atoms with van der Waals surface area (Å²) in [4.78, 5) is 0. The quantitative estimate of drug-likeness (QED) is 0.748. The maximum Gasteiger partial charge on any atom is 0.128 e. The molecule has 0 radical (unpaired) electrons. The molecule has 4 heteroatoms. The Morgan fingerprint density at radius 2 is 1.86 bits per heavy atom. The largest absolute Gasteiger partial charge is 0.310 e. The highest BCUT2D eigenvalue weighted by Crippen LogP contribution is 2.25. The van der Waals surface area contributed by atoms with Crippen LogP contribution in [0.3, 0.4) is 0 Å². The summed E-state index contributed by atoms with van der Waals surface area (Å²) in [5.41, 5.74) is 1.66. The van der Waals surface area contributed by atoms with E-state index in [9.17, 15) is 4.39 Å². The molecule has 0 bridgehead atoms. The van der Waals surface area contributed by atoms with Crippen LogP contribution in [0.4, 0.5) is 4.39 Å². The van der Waals surface area contributed by atoms with Crippen LogP contribution in [0.1, 0.15) is 30.5 Å². The van der Waals surface area contributed by atoms with Crippen molar-refractivity contribution in [2.75, 3.05) is 6.54 Å². The van der Waals surface area contributed by atoms with Crippen LogP contribution in [0, 0.1) is 5.82 Å². The van der Waals surface area contributed by atoms with Crippen LogP contribution < -0.4 is 5.32 Å². The zero-order chi connectivity index (χ0) is 15.2. The Labute approximate surface area is 135 Å². The minimum Gasteiger partial charge on any atom is -0.310 e. The van der Waals surface area contributed by atoms with E-state index in [0.717, 1.165) is 18.5 Å². The molecule has 2 aromatic rings. The summed E-state index contributed by atoms with van der Waals surface area (Å²) < 4.78 is 14.1. The van der Waals surface area contributed by atoms with Gasteiger partial charge in [0.1, 0.15) is 5.82 Å². The van der Waals surface area contributed by atoms with Crippen molar-refractivity contribution in [3.8, 4) is 0 Å². The van der Waals surface area contributed by atoms with Crippen LogP contribution in [0.15, 0.2) is 42.5 Å². The maximum absolute atomic E-state index is 14.1. The Bertz CT molecular complexity index is 601. The monoisotopic (exact) mass is 325 g/mol. The molecule has 0 spiro atoms. The first kappa shape index (κ1) is 16.3. The van der Waals surface area contributed by atoms with Crippen LogP contribution in [-0.2, 0) is 6.42 Å². The summed E-state index contributed by atoms with van der Waals surface area (Å²) in [5, 5.41) is 4.61. The number of rotatable bonds is 6. The van der Waals surface area contributed by atoms with Crippen molar-refractivity contribution in [3.63, 3.8) is 0 Å². The minimum absolute atomic E-state index is 0.123. The van der Waals surface area contributed by atoms with E-state index in [1.165, 1.54) is 6.07 Å². The molecule has 0 fully saturated rings. The molecular weight excluding hydrogens is 308 g/mol. The third kappa shape index (κ3) is 4.70. The summed E-state index contributed by atoms with van der Waals surface area (Å²) in [5.74, 6) is -0.241. The topological polar surface area (TPSA) is 12.0 Å². The second-order valence-corrected chi connectivity index (χ2v) is 5.88. The molecule has 0 aromatic heterocycles. The Hall–Kier alpha value is -1.09. The van der Waals surface area contributed by atoms with Gasteiger partial charge in [0, 0.05) is 21.7 Å². The third-order valence-corrected chi connectivity index (χ3v) is 3.77. The second-order valence-electron chi connectivity index (χ2n) is 5.01. The fourth-order valence-electron chi connectivity index (χ4n) is 2.29. The van der Waals surface area contributed by atoms with Gasteiger partial charge in [-0.3, -0.25) is 0 Å². The van der Waals surface area contributed by atoms with Gasteiger partial charge >= 0.3 is 0 Å². The molecule has 0 aliphatic rings. The van der Waals surface area contributed by atoms with E-state index < -0.39 is 0 Å². The highest BCUT2D eigenvalue weighted by atomic mass is 35.5. The normalized spacial score (nSPS) is 12.4. The molecule has 2 aromatic carbocycles. The summed E-state index contributed by atoms with van der Waals surface area (Å²) in [6.07, 6.45) is 1.64. The minimum atomic E-state index is -0.241. The van der Waals surface area contributed by atoms with Gasteiger partial charge in [0.05, 0.1) is 0 Å². The van der Waals surface area contributed by atoms with Gasteiger partial charge in [0.15, 0.2) is 0 Å². The average Bonchev–Trinajstić information content (AvgIpc) is 2.46. The van der Waals surface area contributed by atoms with E-state index in [1.54, 1.807) is 12.1 Å². The molecule has 0 saturated heterocycles. The van der Waals surface area contributed by atoms with Gasteiger partial charge < -0.3 is 5.32 Å². The second kappa shape index (κ2) is 7.79. The van der Waals surface area contributed by atoms with E-state index in [2.05, 4.69) is 12.2 Å². The van der Waals surface area contributed by atoms with Crippen molar-refractivity contribution < 1.29 is 4.39 Å². The Kier molecular flexibility index (Phi) is 6.04. The van der Waals surface area contributed by atoms with Crippen molar-refractivity contribution in [2.45, 2.75) is 25.8 Å². The fraction of sp³-hybridized carbons (Fsp3) is 0.294. The molecule has 0 aliphatic carbocycles. The van der Waals surface area contributed by atoms with Crippen LogP contribution in [0.5, 0.6) is 0 Å². The van der Waals surface area contributed by atoms with Crippen LogP contribution in [0.2, 0.25) is 10.0 Å². The van der Waals surface area contributed by atoms with E-state index >= 15 is 0 Å². The lowest BCUT2D eigenvalue weighted by molar-refractivity contribution is 0.497. The van der Waals surface area contributed by atoms with Crippen LogP contribution >= 0.6 is 23.2 Å². The highest BCUT2D eigenvalue weighted by Gasteiger charge is 2.16. The molecule has 21 heavy (non-hydrogen) atoms. The Morgan fingerprint density at radius 3 is 2.57 bits per heavy atom. The van der Waals surface area contributed by atoms with Crippen molar-refractivity contribution >= 4 is 23.2 Å². The van der Waals surface area contributed by atoms with E-state index in [1.807, 2.05) is 24.3 Å². The summed E-state index contributed by atoms with van der Waals surface area (Å²) in [7, 11) is 0. The van der Waals surface area contributed by atoms with Crippen molar-refractivity contribution in [3.05, 3.63) is 69.5 Å². The van der Waals surface area contributed by atoms with Crippen LogP contribution in [-0.4, -0.2) is 6.54 Å². The van der Waals surface area contributed by atoms with E-state index in [-0.39, 0.29) is 11.9 Å². The van der Waals surface area contributed by atoms with Crippen molar-refractivity contribution in [1.29, 1.82) is 0 Å². The first-order valence-corrected chi connectivity index (χ1v) is 7.78. The lowest BCUT2D eigenvalue weighted by Crippen LogP contribution is -2.25. The zero-order valence-corrected chi connectivity index (χ0v) is 13.4. The van der Waals surface area contributed by atoms with Gasteiger partial charge in [-0.1, -0.05) is 42.3 Å². The SMILES string of the molecule is CCCNC(Cc1cccc(Cl)c1)c1cc(Cl)ccc1F. The molecule has 0 heterocycles. The summed E-state index contributed by atoms with van der Waals surface area (Å²) in [6, 6.07) is 12.2. The first-order chi connectivity index (χ1) is 10.1. The summed E-state index contributed by atoms with van der Waals surface area (Å²) in [6.45, 7) is 2.90. The van der Waals surface area contributed by atoms with Crippen molar-refractivity contribution in [2.24, 2.45) is 0 Å². The zero-order valence-electron chi connectivity index (χ0n) is 11.9. The molecule has 1 N–H and O–H groups in total. The molecule has 112 valence electrons.